The fourth-order valence-corrected chi connectivity index (χ4v) is 4.02. The number of carbonyl (C=O) groups excluding carboxylic acids is 1. The van der Waals surface area contributed by atoms with Crippen LogP contribution in [0.25, 0.3) is 11.1 Å². The van der Waals surface area contributed by atoms with E-state index in [1.54, 1.807) is 30.3 Å². The first kappa shape index (κ1) is 26.9. The second kappa shape index (κ2) is 11.5. The molecule has 8 nitrogen and oxygen atoms in total. The normalized spacial score (nSPS) is 17.3. The zero-order chi connectivity index (χ0) is 27.3. The van der Waals surface area contributed by atoms with E-state index in [1.807, 2.05) is 25.1 Å². The van der Waals surface area contributed by atoms with Crippen LogP contribution in [0.3, 0.4) is 0 Å². The minimum Gasteiger partial charge on any atom is -0.457 e. The molecule has 200 valence electrons. The Morgan fingerprint density at radius 1 is 1.11 bits per heavy atom. The van der Waals surface area contributed by atoms with E-state index in [0.29, 0.717) is 23.7 Å². The van der Waals surface area contributed by atoms with Crippen LogP contribution in [0.5, 0.6) is 11.5 Å². The lowest BCUT2D eigenvalue weighted by molar-refractivity contribution is -0.137. The summed E-state index contributed by atoms with van der Waals surface area (Å²) in [6, 6.07) is 11.6. The van der Waals surface area contributed by atoms with Crippen LogP contribution >= 0.6 is 0 Å². The number of halogens is 3. The van der Waals surface area contributed by atoms with Gasteiger partial charge in [0.15, 0.2) is 0 Å². The molecule has 1 fully saturated rings. The maximum absolute atomic E-state index is 13.0. The maximum atomic E-state index is 13.0. The topological polar surface area (TPSA) is 105 Å². The number of nitrogens with zero attached hydrogens (tertiary/aromatic N) is 3. The Hall–Kier alpha value is -4.12. The quantitative estimate of drug-likeness (QED) is 0.347. The third-order valence-electron chi connectivity index (χ3n) is 5.98. The molecule has 1 aliphatic rings. The van der Waals surface area contributed by atoms with E-state index in [1.165, 1.54) is 18.5 Å². The van der Waals surface area contributed by atoms with Crippen molar-refractivity contribution >= 4 is 17.5 Å². The number of nitrogen functional groups attached to an aromatic ring is 1. The van der Waals surface area contributed by atoms with Crippen LogP contribution in [0, 0.1) is 0 Å². The van der Waals surface area contributed by atoms with Crippen molar-refractivity contribution in [2.24, 2.45) is 0 Å². The van der Waals surface area contributed by atoms with Gasteiger partial charge in [0.1, 0.15) is 29.5 Å². The molecule has 0 unspecified atom stereocenters. The van der Waals surface area contributed by atoms with Crippen LogP contribution in [0.15, 0.2) is 67.0 Å². The number of alkyl halides is 3. The van der Waals surface area contributed by atoms with Gasteiger partial charge in [-0.3, -0.25) is 4.79 Å². The van der Waals surface area contributed by atoms with Gasteiger partial charge in [-0.2, -0.15) is 13.2 Å². The summed E-state index contributed by atoms with van der Waals surface area (Å²) in [5.41, 5.74) is 6.72. The number of hydrogen-bond donors (Lipinski definition) is 3. The Morgan fingerprint density at radius 3 is 2.53 bits per heavy atom. The van der Waals surface area contributed by atoms with Gasteiger partial charge in [0.25, 0.3) is 0 Å². The molecular weight excluding hydrogens is 497 g/mol. The molecule has 4 N–H and O–H groups in total. The molecule has 1 saturated carbocycles. The second-order valence-corrected chi connectivity index (χ2v) is 9.32. The molecule has 1 aliphatic carbocycles. The van der Waals surface area contributed by atoms with Gasteiger partial charge in [-0.05, 0) is 62.8 Å². The summed E-state index contributed by atoms with van der Waals surface area (Å²) in [5.74, 6) is 1.18. The van der Waals surface area contributed by atoms with E-state index in [9.17, 15) is 18.0 Å². The molecule has 2 aromatic carbocycles. The lowest BCUT2D eigenvalue weighted by atomic mass is 9.86. The van der Waals surface area contributed by atoms with Crippen LogP contribution in [0.2, 0.25) is 0 Å². The Kier molecular flexibility index (Phi) is 8.16. The number of ether oxygens (including phenoxy) is 1. The third-order valence-corrected chi connectivity index (χ3v) is 5.98. The van der Waals surface area contributed by atoms with Crippen LogP contribution in [-0.2, 0) is 11.0 Å². The minimum absolute atomic E-state index is 0.0684. The fraction of sp³-hybridized carbons (Fsp3) is 0.296. The Bertz CT molecular complexity index is 1290. The van der Waals surface area contributed by atoms with Crippen molar-refractivity contribution in [2.45, 2.75) is 31.1 Å². The van der Waals surface area contributed by atoms with E-state index >= 15 is 0 Å². The van der Waals surface area contributed by atoms with Crippen molar-refractivity contribution in [1.29, 1.82) is 0 Å². The molecule has 3 aromatic rings. The maximum Gasteiger partial charge on any atom is 0.416 e. The molecular formula is C27H29F3N6O2. The monoisotopic (exact) mass is 526 g/mol. The number of hydrogen-bond acceptors (Lipinski definition) is 7. The Balaban J connectivity index is 1.39. The molecule has 0 radical (unpaired) electrons. The summed E-state index contributed by atoms with van der Waals surface area (Å²) in [7, 11) is 3.86. The number of likely N-dealkylation sites (N-methyl/N-ethyl adjacent to an activating group) is 1. The summed E-state index contributed by atoms with van der Waals surface area (Å²) in [4.78, 5) is 22.5. The first-order valence-corrected chi connectivity index (χ1v) is 12.0. The molecule has 0 saturated heterocycles. The number of aromatic nitrogens is 2. The lowest BCUT2D eigenvalue weighted by Crippen LogP contribution is -2.49. The number of benzene rings is 2. The van der Waals surface area contributed by atoms with E-state index < -0.39 is 11.7 Å². The van der Waals surface area contributed by atoms with Crippen LogP contribution < -0.4 is 21.1 Å². The summed E-state index contributed by atoms with van der Waals surface area (Å²) >= 11 is 0. The number of anilines is 2. The average molecular weight is 527 g/mol. The summed E-state index contributed by atoms with van der Waals surface area (Å²) in [6.07, 6.45) is 1.76. The molecule has 1 amide bonds. The molecule has 11 heteroatoms. The summed E-state index contributed by atoms with van der Waals surface area (Å²) in [5, 5.41) is 6.36. The molecule has 0 atom stereocenters. The highest BCUT2D eigenvalue weighted by Crippen LogP contribution is 2.36. The smallest absolute Gasteiger partial charge is 0.416 e. The number of amides is 1. The molecule has 0 aliphatic heterocycles. The fourth-order valence-electron chi connectivity index (χ4n) is 4.02. The Morgan fingerprint density at radius 2 is 1.84 bits per heavy atom. The highest BCUT2D eigenvalue weighted by atomic mass is 19.4. The summed E-state index contributed by atoms with van der Waals surface area (Å²) in [6.45, 7) is 0.693. The van der Waals surface area contributed by atoms with Crippen molar-refractivity contribution in [3.8, 4) is 22.6 Å². The number of nitrogens with two attached hydrogens (primary N) is 1. The first-order chi connectivity index (χ1) is 18.1. The van der Waals surface area contributed by atoms with Crippen molar-refractivity contribution in [3.05, 3.63) is 72.6 Å². The largest absolute Gasteiger partial charge is 0.457 e. The number of rotatable bonds is 9. The zero-order valence-corrected chi connectivity index (χ0v) is 21.0. The molecule has 0 bridgehead atoms. The SMILES string of the molecule is CN(C)C/C=C/C(=O)N[C@H]1C[C@@H](Nc2ncnc(N)c2-c2ccc(Oc3cccc(C(F)(F)F)c3)cc2)C1. The van der Waals surface area contributed by atoms with Crippen LogP contribution in [-0.4, -0.2) is 53.5 Å². The van der Waals surface area contributed by atoms with Crippen molar-refractivity contribution in [2.75, 3.05) is 31.7 Å². The first-order valence-electron chi connectivity index (χ1n) is 12.0. The number of nitrogens with one attached hydrogen (secondary N) is 2. The van der Waals surface area contributed by atoms with Crippen molar-refractivity contribution in [1.82, 2.24) is 20.2 Å². The molecule has 1 heterocycles. The van der Waals surface area contributed by atoms with E-state index in [0.717, 1.165) is 30.5 Å². The molecule has 1 aromatic heterocycles. The number of carbonyl (C=O) groups is 1. The van der Waals surface area contributed by atoms with Gasteiger partial charge in [-0.25, -0.2) is 9.97 Å². The van der Waals surface area contributed by atoms with Gasteiger partial charge in [0.2, 0.25) is 5.91 Å². The van der Waals surface area contributed by atoms with E-state index in [-0.39, 0.29) is 29.6 Å². The minimum atomic E-state index is -4.45. The molecule has 38 heavy (non-hydrogen) atoms. The van der Waals surface area contributed by atoms with Crippen LogP contribution in [0.4, 0.5) is 24.8 Å². The average Bonchev–Trinajstić information content (AvgIpc) is 2.83. The molecule has 4 rings (SSSR count). The van der Waals surface area contributed by atoms with Gasteiger partial charge < -0.3 is 26.0 Å². The third kappa shape index (κ3) is 7.00. The van der Waals surface area contributed by atoms with E-state index in [4.69, 9.17) is 10.5 Å². The van der Waals surface area contributed by atoms with Gasteiger partial charge in [-0.15, -0.1) is 0 Å². The van der Waals surface area contributed by atoms with Gasteiger partial charge in [-0.1, -0.05) is 24.3 Å². The van der Waals surface area contributed by atoms with E-state index in [2.05, 4.69) is 20.6 Å². The predicted octanol–water partition coefficient (Wildman–Crippen LogP) is 4.71. The van der Waals surface area contributed by atoms with Gasteiger partial charge in [0, 0.05) is 24.7 Å². The van der Waals surface area contributed by atoms with Crippen molar-refractivity contribution in [3.63, 3.8) is 0 Å². The second-order valence-electron chi connectivity index (χ2n) is 9.32. The summed E-state index contributed by atoms with van der Waals surface area (Å²) < 4.78 is 44.6. The molecule has 0 spiro atoms. The van der Waals surface area contributed by atoms with Crippen LogP contribution in [0.1, 0.15) is 18.4 Å². The van der Waals surface area contributed by atoms with Gasteiger partial charge >= 0.3 is 6.18 Å². The van der Waals surface area contributed by atoms with Gasteiger partial charge in [0.05, 0.1) is 11.1 Å². The highest BCUT2D eigenvalue weighted by Gasteiger charge is 2.31. The zero-order valence-electron chi connectivity index (χ0n) is 21.0. The Labute approximate surface area is 218 Å². The standard InChI is InChI=1S/C27H29F3N6O2/c1-36(2)12-4-7-23(37)34-19-14-20(15-19)35-26-24(25(31)32-16-33-26)17-8-10-21(11-9-17)38-22-6-3-5-18(13-22)27(28,29)30/h3-11,13,16,19-20H,12,14-15H2,1-2H3,(H,34,37)(H3,31,32,33,35)/b7-4+/t19-,20+. The lowest BCUT2D eigenvalue weighted by Gasteiger charge is -2.36. The highest BCUT2D eigenvalue weighted by molar-refractivity contribution is 5.88. The predicted molar refractivity (Wildman–Crippen MR) is 140 cm³/mol. The van der Waals surface area contributed by atoms with Crippen molar-refractivity contribution < 1.29 is 22.7 Å².